The number of likely N-dealkylation sites (tertiary alicyclic amines) is 1. The molecule has 0 bridgehead atoms. The predicted molar refractivity (Wildman–Crippen MR) is 102 cm³/mol. The van der Waals surface area contributed by atoms with Crippen LogP contribution in [0.25, 0.3) is 0 Å². The van der Waals surface area contributed by atoms with Gasteiger partial charge in [-0.15, -0.1) is 0 Å². The van der Waals surface area contributed by atoms with Crippen LogP contribution in [0.15, 0.2) is 28.8 Å². The molecule has 1 saturated heterocycles. The van der Waals surface area contributed by atoms with Crippen molar-refractivity contribution < 1.29 is 18.5 Å². The number of aromatic nitrogens is 2. The van der Waals surface area contributed by atoms with Crippen molar-refractivity contribution in [2.75, 3.05) is 6.54 Å². The van der Waals surface area contributed by atoms with Gasteiger partial charge in [0.2, 0.25) is 17.7 Å². The molecule has 7 nitrogen and oxygen atoms in total. The first kappa shape index (κ1) is 19.5. The zero-order chi connectivity index (χ0) is 20.2. The van der Waals surface area contributed by atoms with Gasteiger partial charge in [-0.3, -0.25) is 9.59 Å². The lowest BCUT2D eigenvalue weighted by atomic mass is 9.89. The van der Waals surface area contributed by atoms with Crippen LogP contribution in [0.1, 0.15) is 61.7 Å². The summed E-state index contributed by atoms with van der Waals surface area (Å²) in [4.78, 5) is 30.7. The van der Waals surface area contributed by atoms with Gasteiger partial charge < -0.3 is 14.7 Å². The van der Waals surface area contributed by atoms with Crippen molar-refractivity contribution in [3.8, 4) is 0 Å². The van der Waals surface area contributed by atoms with Crippen molar-refractivity contribution in [1.82, 2.24) is 20.4 Å². The van der Waals surface area contributed by atoms with Gasteiger partial charge in [-0.25, -0.2) is 4.39 Å². The van der Waals surface area contributed by atoms with Crippen molar-refractivity contribution in [3.05, 3.63) is 47.4 Å². The highest BCUT2D eigenvalue weighted by atomic mass is 19.1. The van der Waals surface area contributed by atoms with Gasteiger partial charge in [0.05, 0.1) is 6.54 Å². The lowest BCUT2D eigenvalue weighted by Crippen LogP contribution is -2.31. The molecule has 1 aliphatic carbocycles. The Kier molecular flexibility index (Phi) is 5.87. The number of halogens is 1. The Morgan fingerprint density at radius 2 is 1.97 bits per heavy atom. The first-order valence-corrected chi connectivity index (χ1v) is 10.2. The average molecular weight is 400 g/mol. The normalized spacial score (nSPS) is 20.2. The number of rotatable bonds is 6. The van der Waals surface area contributed by atoms with Crippen molar-refractivity contribution in [1.29, 1.82) is 0 Å². The van der Waals surface area contributed by atoms with Gasteiger partial charge in [-0.2, -0.15) is 4.98 Å². The first-order valence-electron chi connectivity index (χ1n) is 10.2. The molecule has 2 aromatic rings. The Bertz CT molecular complexity index is 861. The maximum absolute atomic E-state index is 13.0. The second kappa shape index (κ2) is 8.71. The molecule has 1 aliphatic heterocycles. The third-order valence-electron chi connectivity index (χ3n) is 5.74. The minimum atomic E-state index is -0.297. The largest absolute Gasteiger partial charge is 0.347 e. The second-order valence-electron chi connectivity index (χ2n) is 7.90. The SMILES string of the molecule is O=C(NCc1nc([C@@H]2CC(=O)N(Cc3ccc(F)cc3)C2)no1)C1CCCCC1. The summed E-state index contributed by atoms with van der Waals surface area (Å²) in [6, 6.07) is 6.13. The number of carbonyl (C=O) groups is 2. The van der Waals surface area contributed by atoms with E-state index >= 15 is 0 Å². The fourth-order valence-electron chi connectivity index (χ4n) is 4.09. The second-order valence-corrected chi connectivity index (χ2v) is 7.90. The lowest BCUT2D eigenvalue weighted by molar-refractivity contribution is -0.128. The molecule has 29 heavy (non-hydrogen) atoms. The number of hydrogen-bond donors (Lipinski definition) is 1. The Morgan fingerprint density at radius 3 is 2.72 bits per heavy atom. The van der Waals surface area contributed by atoms with Crippen LogP contribution >= 0.6 is 0 Å². The molecule has 1 N–H and O–H groups in total. The zero-order valence-corrected chi connectivity index (χ0v) is 16.3. The molecule has 2 heterocycles. The molecular weight excluding hydrogens is 375 g/mol. The van der Waals surface area contributed by atoms with Gasteiger partial charge in [-0.05, 0) is 30.5 Å². The molecule has 1 aromatic carbocycles. The van der Waals surface area contributed by atoms with Crippen LogP contribution in [-0.4, -0.2) is 33.4 Å². The van der Waals surface area contributed by atoms with Crippen LogP contribution in [0.4, 0.5) is 4.39 Å². The molecule has 1 saturated carbocycles. The van der Waals surface area contributed by atoms with E-state index in [2.05, 4.69) is 15.5 Å². The van der Waals surface area contributed by atoms with Gasteiger partial charge in [0.1, 0.15) is 5.82 Å². The quantitative estimate of drug-likeness (QED) is 0.805. The number of hydrogen-bond acceptors (Lipinski definition) is 5. The summed E-state index contributed by atoms with van der Waals surface area (Å²) in [6.07, 6.45) is 5.60. The molecule has 1 aromatic heterocycles. The number of carbonyl (C=O) groups excluding carboxylic acids is 2. The molecule has 2 amide bonds. The van der Waals surface area contributed by atoms with E-state index in [1.807, 2.05) is 0 Å². The van der Waals surface area contributed by atoms with Crippen LogP contribution in [0.3, 0.4) is 0 Å². The minimum Gasteiger partial charge on any atom is -0.347 e. The molecule has 8 heteroatoms. The standard InChI is InChI=1S/C21H25FN4O3/c22-17-8-6-14(7-9-17)12-26-13-16(10-19(26)27)20-24-18(29-25-20)11-23-21(28)15-4-2-1-3-5-15/h6-9,15-16H,1-5,10-13H2,(H,23,28)/t16-/m1/s1. The first-order chi connectivity index (χ1) is 14.1. The van der Waals surface area contributed by atoms with Gasteiger partial charge >= 0.3 is 0 Å². The number of nitrogens with zero attached hydrogens (tertiary/aromatic N) is 3. The number of amides is 2. The van der Waals surface area contributed by atoms with Gasteiger partial charge in [-0.1, -0.05) is 36.6 Å². The topological polar surface area (TPSA) is 88.3 Å². The van der Waals surface area contributed by atoms with E-state index in [9.17, 15) is 14.0 Å². The van der Waals surface area contributed by atoms with Crippen LogP contribution < -0.4 is 5.32 Å². The summed E-state index contributed by atoms with van der Waals surface area (Å²) in [6.45, 7) is 1.13. The summed E-state index contributed by atoms with van der Waals surface area (Å²) in [5, 5.41) is 6.89. The number of nitrogens with one attached hydrogen (secondary N) is 1. The smallest absolute Gasteiger partial charge is 0.246 e. The molecular formula is C21H25FN4O3. The molecule has 2 fully saturated rings. The van der Waals surface area contributed by atoms with Crippen molar-refractivity contribution >= 4 is 11.8 Å². The van der Waals surface area contributed by atoms with Gasteiger partial charge in [0, 0.05) is 31.3 Å². The van der Waals surface area contributed by atoms with Crippen molar-refractivity contribution in [3.63, 3.8) is 0 Å². The average Bonchev–Trinajstić information content (AvgIpc) is 3.35. The molecule has 0 unspecified atom stereocenters. The number of benzene rings is 1. The zero-order valence-electron chi connectivity index (χ0n) is 16.3. The van der Waals surface area contributed by atoms with Crippen molar-refractivity contribution in [2.24, 2.45) is 5.92 Å². The Morgan fingerprint density at radius 1 is 1.21 bits per heavy atom. The van der Waals surface area contributed by atoms with Crippen LogP contribution in [0, 0.1) is 11.7 Å². The van der Waals surface area contributed by atoms with Gasteiger partial charge in [0.15, 0.2) is 5.82 Å². The Hall–Kier alpha value is -2.77. The fourth-order valence-corrected chi connectivity index (χ4v) is 4.09. The van der Waals surface area contributed by atoms with E-state index in [1.54, 1.807) is 17.0 Å². The summed E-state index contributed by atoms with van der Waals surface area (Å²) in [7, 11) is 0. The third-order valence-corrected chi connectivity index (χ3v) is 5.74. The van der Waals surface area contributed by atoms with Gasteiger partial charge in [0.25, 0.3) is 0 Å². The predicted octanol–water partition coefficient (Wildman–Crippen LogP) is 2.92. The monoisotopic (exact) mass is 400 g/mol. The van der Waals surface area contributed by atoms with E-state index in [0.29, 0.717) is 31.2 Å². The molecule has 0 radical (unpaired) electrons. The van der Waals surface area contributed by atoms with Crippen LogP contribution in [0.2, 0.25) is 0 Å². The van der Waals surface area contributed by atoms with E-state index < -0.39 is 0 Å². The summed E-state index contributed by atoms with van der Waals surface area (Å²) < 4.78 is 18.3. The highest BCUT2D eigenvalue weighted by Gasteiger charge is 2.33. The third kappa shape index (κ3) is 4.81. The molecule has 2 aliphatic rings. The highest BCUT2D eigenvalue weighted by Crippen LogP contribution is 2.28. The fraction of sp³-hybridized carbons (Fsp3) is 0.524. The van der Waals surface area contributed by atoms with Crippen molar-refractivity contribution in [2.45, 2.75) is 57.5 Å². The molecule has 154 valence electrons. The highest BCUT2D eigenvalue weighted by molar-refractivity contribution is 5.79. The Balaban J connectivity index is 1.30. The lowest BCUT2D eigenvalue weighted by Gasteiger charge is -2.20. The molecule has 1 atom stereocenters. The minimum absolute atomic E-state index is 0.0104. The maximum atomic E-state index is 13.0. The Labute approximate surface area is 168 Å². The van der Waals surface area contributed by atoms with E-state index in [0.717, 1.165) is 31.2 Å². The van der Waals surface area contributed by atoms with E-state index in [-0.39, 0.29) is 36.0 Å². The van der Waals surface area contributed by atoms with E-state index in [1.165, 1.54) is 18.6 Å². The maximum Gasteiger partial charge on any atom is 0.246 e. The van der Waals surface area contributed by atoms with Crippen LogP contribution in [-0.2, 0) is 22.7 Å². The van der Waals surface area contributed by atoms with E-state index in [4.69, 9.17) is 4.52 Å². The molecule has 0 spiro atoms. The molecule has 4 rings (SSSR count). The summed E-state index contributed by atoms with van der Waals surface area (Å²) in [5.41, 5.74) is 0.875. The van der Waals surface area contributed by atoms with Crippen LogP contribution in [0.5, 0.6) is 0 Å². The summed E-state index contributed by atoms with van der Waals surface area (Å²) in [5.74, 6) is 0.542. The summed E-state index contributed by atoms with van der Waals surface area (Å²) >= 11 is 0.